The fourth-order valence-electron chi connectivity index (χ4n) is 1.04. The minimum Gasteiger partial charge on any atom is -0.494 e. The van der Waals surface area contributed by atoms with Crippen molar-refractivity contribution in [3.05, 3.63) is 29.8 Å². The molecular formula is C11H12BrNO. The van der Waals surface area contributed by atoms with E-state index in [0.717, 1.165) is 29.7 Å². The summed E-state index contributed by atoms with van der Waals surface area (Å²) in [6.45, 7) is 0.725. The average Bonchev–Trinajstić information content (AvgIpc) is 2.21. The third kappa shape index (κ3) is 3.80. The summed E-state index contributed by atoms with van der Waals surface area (Å²) in [6, 6.07) is 9.76. The molecule has 0 spiro atoms. The molecular weight excluding hydrogens is 242 g/mol. The molecule has 0 N–H and O–H groups in total. The molecule has 2 nitrogen and oxygen atoms in total. The first-order valence-electron chi connectivity index (χ1n) is 4.51. The van der Waals surface area contributed by atoms with Crippen LogP contribution in [0.3, 0.4) is 0 Å². The number of benzene rings is 1. The zero-order chi connectivity index (χ0) is 10.2. The number of hydrogen-bond acceptors (Lipinski definition) is 2. The SMILES string of the molecule is N#CCc1ccc(OCCCBr)cc1. The van der Waals surface area contributed by atoms with Crippen LogP contribution in [0.5, 0.6) is 5.75 Å². The molecule has 0 saturated carbocycles. The third-order valence-corrected chi connectivity index (χ3v) is 2.31. The van der Waals surface area contributed by atoms with Gasteiger partial charge in [0.1, 0.15) is 5.75 Å². The van der Waals surface area contributed by atoms with Crippen molar-refractivity contribution in [3.8, 4) is 11.8 Å². The Kier molecular flexibility index (Phi) is 5.09. The number of ether oxygens (including phenoxy) is 1. The second-order valence-electron chi connectivity index (χ2n) is 2.87. The summed E-state index contributed by atoms with van der Waals surface area (Å²) >= 11 is 3.34. The van der Waals surface area contributed by atoms with E-state index in [0.29, 0.717) is 6.42 Å². The van der Waals surface area contributed by atoms with Crippen molar-refractivity contribution in [2.45, 2.75) is 12.8 Å². The fourth-order valence-corrected chi connectivity index (χ4v) is 1.27. The highest BCUT2D eigenvalue weighted by Crippen LogP contribution is 2.12. The first kappa shape index (κ1) is 11.1. The van der Waals surface area contributed by atoms with Gasteiger partial charge in [-0.2, -0.15) is 5.26 Å². The highest BCUT2D eigenvalue weighted by atomic mass is 79.9. The summed E-state index contributed by atoms with van der Waals surface area (Å²) in [4.78, 5) is 0. The Hall–Kier alpha value is -1.01. The summed E-state index contributed by atoms with van der Waals surface area (Å²) in [5.74, 6) is 0.868. The number of alkyl halides is 1. The van der Waals surface area contributed by atoms with Crippen LogP contribution < -0.4 is 4.74 Å². The molecule has 1 rings (SSSR count). The van der Waals surface area contributed by atoms with E-state index in [4.69, 9.17) is 10.00 Å². The standard InChI is InChI=1S/C11H12BrNO/c12-7-1-9-14-11-4-2-10(3-5-11)6-8-13/h2-5H,1,6-7,9H2. The maximum atomic E-state index is 8.48. The van der Waals surface area contributed by atoms with Crippen LogP contribution in [0.1, 0.15) is 12.0 Å². The van der Waals surface area contributed by atoms with Gasteiger partial charge >= 0.3 is 0 Å². The zero-order valence-electron chi connectivity index (χ0n) is 7.87. The predicted octanol–water partition coefficient (Wildman–Crippen LogP) is 2.92. The van der Waals surface area contributed by atoms with Gasteiger partial charge in [-0.3, -0.25) is 0 Å². The Balaban J connectivity index is 2.43. The number of nitrogens with zero attached hydrogens (tertiary/aromatic N) is 1. The van der Waals surface area contributed by atoms with Gasteiger partial charge in [0.15, 0.2) is 0 Å². The lowest BCUT2D eigenvalue weighted by atomic mass is 10.2. The second-order valence-corrected chi connectivity index (χ2v) is 3.66. The average molecular weight is 254 g/mol. The summed E-state index contributed by atoms with van der Waals surface area (Å²) in [5, 5.41) is 9.43. The van der Waals surface area contributed by atoms with E-state index in [9.17, 15) is 0 Å². The smallest absolute Gasteiger partial charge is 0.119 e. The van der Waals surface area contributed by atoms with Crippen LogP contribution >= 0.6 is 15.9 Å². The Morgan fingerprint density at radius 3 is 2.57 bits per heavy atom. The van der Waals surface area contributed by atoms with Gasteiger partial charge < -0.3 is 4.74 Å². The Morgan fingerprint density at radius 1 is 1.29 bits per heavy atom. The Bertz CT molecular complexity index is 302. The van der Waals surface area contributed by atoms with Gasteiger partial charge in [0.05, 0.1) is 19.1 Å². The molecule has 74 valence electrons. The maximum absolute atomic E-state index is 8.48. The van der Waals surface area contributed by atoms with E-state index in [1.807, 2.05) is 24.3 Å². The van der Waals surface area contributed by atoms with Crippen LogP contribution in [0.15, 0.2) is 24.3 Å². The topological polar surface area (TPSA) is 33.0 Å². The molecule has 0 unspecified atom stereocenters. The van der Waals surface area contributed by atoms with E-state index < -0.39 is 0 Å². The van der Waals surface area contributed by atoms with Crippen LogP contribution in [0.2, 0.25) is 0 Å². The van der Waals surface area contributed by atoms with Crippen molar-refractivity contribution < 1.29 is 4.74 Å². The minimum absolute atomic E-state index is 0.460. The number of hydrogen-bond donors (Lipinski definition) is 0. The number of nitriles is 1. The monoisotopic (exact) mass is 253 g/mol. The molecule has 1 aromatic rings. The molecule has 0 aliphatic carbocycles. The molecule has 0 atom stereocenters. The molecule has 0 fully saturated rings. The molecule has 0 bridgehead atoms. The highest BCUT2D eigenvalue weighted by molar-refractivity contribution is 9.09. The van der Waals surface area contributed by atoms with Crippen LogP contribution in [-0.4, -0.2) is 11.9 Å². The largest absolute Gasteiger partial charge is 0.494 e. The van der Waals surface area contributed by atoms with E-state index in [2.05, 4.69) is 22.0 Å². The lowest BCUT2D eigenvalue weighted by Crippen LogP contribution is -1.97. The normalized spacial score (nSPS) is 9.43. The minimum atomic E-state index is 0.460. The lowest BCUT2D eigenvalue weighted by Gasteiger charge is -2.04. The first-order chi connectivity index (χ1) is 6.86. The second kappa shape index (κ2) is 6.44. The summed E-state index contributed by atoms with van der Waals surface area (Å²) in [5.41, 5.74) is 1.03. The van der Waals surface area contributed by atoms with Crippen molar-refractivity contribution in [2.75, 3.05) is 11.9 Å². The molecule has 3 heteroatoms. The lowest BCUT2D eigenvalue weighted by molar-refractivity contribution is 0.319. The van der Waals surface area contributed by atoms with Crippen LogP contribution in [0, 0.1) is 11.3 Å². The fraction of sp³-hybridized carbons (Fsp3) is 0.364. The zero-order valence-corrected chi connectivity index (χ0v) is 9.46. The molecule has 1 aromatic carbocycles. The van der Waals surface area contributed by atoms with E-state index in [1.165, 1.54) is 0 Å². The van der Waals surface area contributed by atoms with Crippen molar-refractivity contribution in [1.82, 2.24) is 0 Å². The van der Waals surface area contributed by atoms with E-state index >= 15 is 0 Å². The Morgan fingerprint density at radius 2 is 2.00 bits per heavy atom. The molecule has 0 aliphatic rings. The van der Waals surface area contributed by atoms with Gasteiger partial charge in [0, 0.05) is 5.33 Å². The van der Waals surface area contributed by atoms with Gasteiger partial charge in [-0.05, 0) is 24.1 Å². The van der Waals surface area contributed by atoms with Crippen molar-refractivity contribution >= 4 is 15.9 Å². The summed E-state index contributed by atoms with van der Waals surface area (Å²) < 4.78 is 5.47. The summed E-state index contributed by atoms with van der Waals surface area (Å²) in [7, 11) is 0. The Labute approximate surface area is 92.6 Å². The van der Waals surface area contributed by atoms with Gasteiger partial charge in [-0.15, -0.1) is 0 Å². The maximum Gasteiger partial charge on any atom is 0.119 e. The van der Waals surface area contributed by atoms with Gasteiger partial charge in [0.25, 0.3) is 0 Å². The molecule has 0 radical (unpaired) electrons. The van der Waals surface area contributed by atoms with Gasteiger partial charge in [-0.1, -0.05) is 28.1 Å². The van der Waals surface area contributed by atoms with Crippen molar-refractivity contribution in [3.63, 3.8) is 0 Å². The third-order valence-electron chi connectivity index (χ3n) is 1.75. The molecule has 14 heavy (non-hydrogen) atoms. The van der Waals surface area contributed by atoms with E-state index in [-0.39, 0.29) is 0 Å². The van der Waals surface area contributed by atoms with Gasteiger partial charge in [0.2, 0.25) is 0 Å². The number of halogens is 1. The van der Waals surface area contributed by atoms with Crippen LogP contribution in [0.25, 0.3) is 0 Å². The van der Waals surface area contributed by atoms with Crippen molar-refractivity contribution in [2.24, 2.45) is 0 Å². The molecule has 0 amide bonds. The molecule has 0 heterocycles. The van der Waals surface area contributed by atoms with E-state index in [1.54, 1.807) is 0 Å². The quantitative estimate of drug-likeness (QED) is 0.597. The first-order valence-corrected chi connectivity index (χ1v) is 5.63. The van der Waals surface area contributed by atoms with Gasteiger partial charge in [-0.25, -0.2) is 0 Å². The van der Waals surface area contributed by atoms with Crippen LogP contribution in [0.4, 0.5) is 0 Å². The molecule has 0 aliphatic heterocycles. The number of rotatable bonds is 5. The predicted molar refractivity (Wildman–Crippen MR) is 59.7 cm³/mol. The highest BCUT2D eigenvalue weighted by Gasteiger charge is 1.94. The molecule has 0 aromatic heterocycles. The van der Waals surface area contributed by atoms with Crippen LogP contribution in [-0.2, 0) is 6.42 Å². The van der Waals surface area contributed by atoms with Crippen molar-refractivity contribution in [1.29, 1.82) is 5.26 Å². The molecule has 0 saturated heterocycles. The summed E-state index contributed by atoms with van der Waals surface area (Å²) in [6.07, 6.45) is 1.46.